The summed E-state index contributed by atoms with van der Waals surface area (Å²) in [5.74, 6) is 0.241. The summed E-state index contributed by atoms with van der Waals surface area (Å²) in [6.07, 6.45) is 0.851. The first-order valence-electron chi connectivity index (χ1n) is 7.69. The highest BCUT2D eigenvalue weighted by Crippen LogP contribution is 2.27. The molecule has 0 atom stereocenters. The second-order valence-corrected chi connectivity index (χ2v) is 6.08. The summed E-state index contributed by atoms with van der Waals surface area (Å²) in [6.45, 7) is 0.365. The van der Waals surface area contributed by atoms with Gasteiger partial charge in [0.15, 0.2) is 0 Å². The molecule has 2 aromatic carbocycles. The van der Waals surface area contributed by atoms with Crippen molar-refractivity contribution in [2.75, 3.05) is 19.0 Å². The van der Waals surface area contributed by atoms with E-state index >= 15 is 0 Å². The van der Waals surface area contributed by atoms with Gasteiger partial charge in [-0.2, -0.15) is 0 Å². The van der Waals surface area contributed by atoms with Gasteiger partial charge in [-0.3, -0.25) is 9.59 Å². The maximum atomic E-state index is 11.9. The number of anilines is 1. The smallest absolute Gasteiger partial charge is 0.251 e. The number of ether oxygens (including phenoxy) is 1. The Hall–Kier alpha value is -2.24. The second kappa shape index (κ2) is 9.30. The highest BCUT2D eigenvalue weighted by atomic mass is 35.5. The first-order chi connectivity index (χ1) is 12.0. The molecule has 0 aliphatic rings. The maximum Gasteiger partial charge on any atom is 0.251 e. The van der Waals surface area contributed by atoms with Gasteiger partial charge in [0.2, 0.25) is 5.91 Å². The van der Waals surface area contributed by atoms with Crippen LogP contribution in [0.15, 0.2) is 42.5 Å². The fraction of sp³-hybridized carbons (Fsp3) is 0.222. The molecule has 0 aromatic heterocycles. The highest BCUT2D eigenvalue weighted by Gasteiger charge is 2.06. The largest absolute Gasteiger partial charge is 0.492 e. The lowest BCUT2D eigenvalue weighted by Gasteiger charge is -2.09. The van der Waals surface area contributed by atoms with Crippen LogP contribution in [0.5, 0.6) is 5.75 Å². The molecule has 0 aliphatic heterocycles. The third-order valence-corrected chi connectivity index (χ3v) is 3.89. The van der Waals surface area contributed by atoms with E-state index in [1.165, 1.54) is 0 Å². The number of hydrogen-bond acceptors (Lipinski definition) is 3. The predicted molar refractivity (Wildman–Crippen MR) is 99.7 cm³/mol. The minimum atomic E-state index is -0.170. The molecule has 0 bridgehead atoms. The van der Waals surface area contributed by atoms with Crippen LogP contribution in [0, 0.1) is 0 Å². The lowest BCUT2D eigenvalue weighted by atomic mass is 10.2. The number of nitrogens with one attached hydrogen (secondary N) is 2. The van der Waals surface area contributed by atoms with E-state index in [4.69, 9.17) is 27.9 Å². The fourth-order valence-corrected chi connectivity index (χ4v) is 2.54. The van der Waals surface area contributed by atoms with Gasteiger partial charge in [0.05, 0.1) is 11.6 Å². The number of benzene rings is 2. The summed E-state index contributed by atoms with van der Waals surface area (Å²) in [7, 11) is 1.57. The molecule has 0 aliphatic carbocycles. The Labute approximate surface area is 156 Å². The maximum absolute atomic E-state index is 11.9. The van der Waals surface area contributed by atoms with Crippen LogP contribution in [-0.4, -0.2) is 25.5 Å². The summed E-state index contributed by atoms with van der Waals surface area (Å²) in [6, 6.07) is 11.7. The van der Waals surface area contributed by atoms with Crippen molar-refractivity contribution in [1.29, 1.82) is 0 Å². The summed E-state index contributed by atoms with van der Waals surface area (Å²) in [5.41, 5.74) is 1.17. The summed E-state index contributed by atoms with van der Waals surface area (Å²) >= 11 is 11.8. The Bertz CT molecular complexity index is 748. The van der Waals surface area contributed by atoms with Gasteiger partial charge in [0.1, 0.15) is 5.75 Å². The van der Waals surface area contributed by atoms with Crippen molar-refractivity contribution in [2.45, 2.75) is 12.8 Å². The van der Waals surface area contributed by atoms with Crippen LogP contribution in [0.2, 0.25) is 10.0 Å². The van der Waals surface area contributed by atoms with E-state index in [1.54, 1.807) is 49.5 Å². The molecule has 132 valence electrons. The molecular formula is C18H18Cl2N2O3. The van der Waals surface area contributed by atoms with E-state index in [0.717, 1.165) is 0 Å². The zero-order valence-corrected chi connectivity index (χ0v) is 15.2. The van der Waals surface area contributed by atoms with Gasteiger partial charge in [0.25, 0.3) is 5.91 Å². The molecule has 0 spiro atoms. The minimum absolute atomic E-state index is 0.126. The van der Waals surface area contributed by atoms with Crippen LogP contribution in [0.3, 0.4) is 0 Å². The second-order valence-electron chi connectivity index (χ2n) is 5.23. The molecule has 0 fully saturated rings. The molecule has 0 unspecified atom stereocenters. The van der Waals surface area contributed by atoms with Crippen molar-refractivity contribution < 1.29 is 14.3 Å². The van der Waals surface area contributed by atoms with E-state index in [-0.39, 0.29) is 11.8 Å². The number of hydrogen-bond donors (Lipinski definition) is 2. The van der Waals surface area contributed by atoms with Crippen LogP contribution in [-0.2, 0) is 4.79 Å². The van der Waals surface area contributed by atoms with Gasteiger partial charge >= 0.3 is 0 Å². The first kappa shape index (κ1) is 19.1. The Morgan fingerprint density at radius 1 is 1.08 bits per heavy atom. The van der Waals surface area contributed by atoms with E-state index in [1.807, 2.05) is 0 Å². The molecular weight excluding hydrogens is 363 g/mol. The van der Waals surface area contributed by atoms with Gasteiger partial charge in [-0.25, -0.2) is 0 Å². The van der Waals surface area contributed by atoms with Crippen molar-refractivity contribution >= 4 is 40.7 Å². The molecule has 2 aromatic rings. The first-order valence-corrected chi connectivity index (χ1v) is 8.45. The Morgan fingerprint density at radius 3 is 2.44 bits per heavy atom. The van der Waals surface area contributed by atoms with Crippen LogP contribution < -0.4 is 15.4 Å². The predicted octanol–water partition coefficient (Wildman–Crippen LogP) is 4.15. The molecule has 2 N–H and O–H groups in total. The van der Waals surface area contributed by atoms with Gasteiger partial charge in [-0.15, -0.1) is 0 Å². The molecule has 5 nitrogen and oxygen atoms in total. The number of rotatable bonds is 7. The minimum Gasteiger partial charge on any atom is -0.492 e. The molecule has 7 heteroatoms. The van der Waals surface area contributed by atoms with Crippen LogP contribution in [0.1, 0.15) is 23.2 Å². The third kappa shape index (κ3) is 5.96. The highest BCUT2D eigenvalue weighted by molar-refractivity contribution is 6.35. The van der Waals surface area contributed by atoms with Crippen molar-refractivity contribution in [3.05, 3.63) is 58.1 Å². The normalized spacial score (nSPS) is 10.2. The van der Waals surface area contributed by atoms with E-state index in [0.29, 0.717) is 46.5 Å². The van der Waals surface area contributed by atoms with Crippen molar-refractivity contribution in [1.82, 2.24) is 5.32 Å². The van der Waals surface area contributed by atoms with E-state index in [2.05, 4.69) is 10.6 Å². The van der Waals surface area contributed by atoms with Crippen LogP contribution in [0.4, 0.5) is 5.69 Å². The SMILES string of the molecule is CNC(=O)c1ccc(NC(=O)CCCOc2ccc(Cl)cc2Cl)cc1. The topological polar surface area (TPSA) is 67.4 Å². The van der Waals surface area contributed by atoms with Gasteiger partial charge in [0, 0.05) is 29.7 Å². The standard InChI is InChI=1S/C18H18Cl2N2O3/c1-21-18(24)12-4-7-14(8-5-12)22-17(23)3-2-10-25-16-9-6-13(19)11-15(16)20/h4-9,11H,2-3,10H2,1H3,(H,21,24)(H,22,23). The number of amides is 2. The van der Waals surface area contributed by atoms with Gasteiger partial charge < -0.3 is 15.4 Å². The number of halogens is 2. The Morgan fingerprint density at radius 2 is 1.80 bits per heavy atom. The Balaban J connectivity index is 1.74. The summed E-state index contributed by atoms with van der Waals surface area (Å²) < 4.78 is 5.53. The Kier molecular flexibility index (Phi) is 7.10. The number of carbonyl (C=O) groups excluding carboxylic acids is 2. The monoisotopic (exact) mass is 380 g/mol. The molecule has 2 rings (SSSR count). The van der Waals surface area contributed by atoms with Crippen LogP contribution in [0.25, 0.3) is 0 Å². The molecule has 0 saturated heterocycles. The quantitative estimate of drug-likeness (QED) is 0.708. The van der Waals surface area contributed by atoms with E-state index < -0.39 is 0 Å². The van der Waals surface area contributed by atoms with E-state index in [9.17, 15) is 9.59 Å². The zero-order valence-electron chi connectivity index (χ0n) is 13.6. The van der Waals surface area contributed by atoms with Crippen molar-refractivity contribution in [2.24, 2.45) is 0 Å². The van der Waals surface area contributed by atoms with Gasteiger partial charge in [-0.1, -0.05) is 23.2 Å². The lowest BCUT2D eigenvalue weighted by Crippen LogP contribution is -2.18. The third-order valence-electron chi connectivity index (χ3n) is 3.36. The average Bonchev–Trinajstić information content (AvgIpc) is 2.60. The van der Waals surface area contributed by atoms with Gasteiger partial charge in [-0.05, 0) is 48.9 Å². The van der Waals surface area contributed by atoms with Crippen molar-refractivity contribution in [3.8, 4) is 5.75 Å². The van der Waals surface area contributed by atoms with Crippen molar-refractivity contribution in [3.63, 3.8) is 0 Å². The summed E-state index contributed by atoms with van der Waals surface area (Å²) in [5, 5.41) is 6.29. The fourth-order valence-electron chi connectivity index (χ4n) is 2.08. The zero-order chi connectivity index (χ0) is 18.2. The molecule has 2 amide bonds. The number of carbonyl (C=O) groups is 2. The summed E-state index contributed by atoms with van der Waals surface area (Å²) in [4.78, 5) is 23.4. The molecule has 0 heterocycles. The lowest BCUT2D eigenvalue weighted by molar-refractivity contribution is -0.116. The molecule has 0 radical (unpaired) electrons. The van der Waals surface area contributed by atoms with Crippen LogP contribution >= 0.6 is 23.2 Å². The molecule has 0 saturated carbocycles. The average molecular weight is 381 g/mol. The molecule has 25 heavy (non-hydrogen) atoms.